The molecule has 1 aromatic rings. The molecule has 1 fully saturated rings. The lowest BCUT2D eigenvalue weighted by Crippen LogP contribution is -2.36. The number of hydroxylamine groups is 2. The molecule has 2 amide bonds. The first-order valence-corrected chi connectivity index (χ1v) is 9.47. The van der Waals surface area contributed by atoms with Gasteiger partial charge in [0.15, 0.2) is 0 Å². The van der Waals surface area contributed by atoms with E-state index in [2.05, 4.69) is 11.8 Å². The van der Waals surface area contributed by atoms with Crippen molar-refractivity contribution in [3.05, 3.63) is 35.4 Å². The summed E-state index contributed by atoms with van der Waals surface area (Å²) < 4.78 is 0.645. The van der Waals surface area contributed by atoms with Crippen molar-refractivity contribution >= 4 is 46.1 Å². The normalized spacial score (nSPS) is 17.6. The molecule has 2 heterocycles. The molecule has 2 aliphatic rings. The molecule has 0 N–H and O–H groups in total. The maximum absolute atomic E-state index is 12.1. The molecule has 6 nitrogen and oxygen atoms in total. The Bertz CT molecular complexity index is 694. The number of carbonyl (C=O) groups is 3. The minimum Gasteiger partial charge on any atom is -0.357 e. The van der Waals surface area contributed by atoms with Crippen molar-refractivity contribution in [2.24, 2.45) is 5.92 Å². The zero-order chi connectivity index (χ0) is 18.0. The second-order valence-electron chi connectivity index (χ2n) is 6.14. The first kappa shape index (κ1) is 17.9. The Morgan fingerprint density at radius 2 is 1.76 bits per heavy atom. The highest BCUT2D eigenvalue weighted by atomic mass is 32.2. The van der Waals surface area contributed by atoms with Gasteiger partial charge in [0, 0.05) is 13.1 Å². The summed E-state index contributed by atoms with van der Waals surface area (Å²) in [5.41, 5.74) is 0.483. The van der Waals surface area contributed by atoms with Crippen LogP contribution in [0.4, 0.5) is 0 Å². The SMILES string of the molecule is CC1CCN(C(=S)SCC(=O)ON2C(=O)c3ccccc3C2=O)CC1. The third kappa shape index (κ3) is 3.85. The number of nitrogens with zero attached hydrogens (tertiary/aromatic N) is 2. The summed E-state index contributed by atoms with van der Waals surface area (Å²) >= 11 is 6.55. The van der Waals surface area contributed by atoms with E-state index in [0.29, 0.717) is 15.3 Å². The van der Waals surface area contributed by atoms with E-state index in [4.69, 9.17) is 17.1 Å². The molecule has 132 valence electrons. The Labute approximate surface area is 155 Å². The van der Waals surface area contributed by atoms with E-state index in [0.717, 1.165) is 25.9 Å². The Morgan fingerprint density at radius 1 is 1.20 bits per heavy atom. The minimum atomic E-state index is -0.674. The van der Waals surface area contributed by atoms with Crippen LogP contribution in [0.2, 0.25) is 0 Å². The van der Waals surface area contributed by atoms with Gasteiger partial charge in [-0.1, -0.05) is 48.1 Å². The highest BCUT2D eigenvalue weighted by Crippen LogP contribution is 2.24. The molecule has 0 unspecified atom stereocenters. The van der Waals surface area contributed by atoms with E-state index < -0.39 is 17.8 Å². The number of hydrogen-bond acceptors (Lipinski definition) is 6. The average Bonchev–Trinajstić information content (AvgIpc) is 2.86. The lowest BCUT2D eigenvalue weighted by molar-refractivity contribution is -0.164. The standard InChI is InChI=1S/C17H18N2O4S2/c1-11-6-8-18(9-7-11)17(24)25-10-14(20)23-19-15(21)12-4-2-3-5-13(12)16(19)22/h2-5,11H,6-10H2,1H3. The number of amides is 2. The summed E-state index contributed by atoms with van der Waals surface area (Å²) in [6.07, 6.45) is 2.17. The summed E-state index contributed by atoms with van der Waals surface area (Å²) in [5.74, 6) is -1.26. The number of piperidine rings is 1. The molecule has 0 spiro atoms. The monoisotopic (exact) mass is 378 g/mol. The number of fused-ring (bicyclic) bond motifs is 1. The summed E-state index contributed by atoms with van der Waals surface area (Å²) in [4.78, 5) is 43.4. The molecule has 0 aliphatic carbocycles. The number of imide groups is 1. The van der Waals surface area contributed by atoms with E-state index in [1.54, 1.807) is 12.1 Å². The van der Waals surface area contributed by atoms with Crippen molar-refractivity contribution in [2.75, 3.05) is 18.8 Å². The van der Waals surface area contributed by atoms with E-state index >= 15 is 0 Å². The molecule has 1 saturated heterocycles. The van der Waals surface area contributed by atoms with E-state index in [9.17, 15) is 14.4 Å². The van der Waals surface area contributed by atoms with Crippen molar-refractivity contribution in [3.8, 4) is 0 Å². The number of thioether (sulfide) groups is 1. The van der Waals surface area contributed by atoms with Gasteiger partial charge in [0.1, 0.15) is 10.1 Å². The number of thiocarbonyl (C=S) groups is 1. The second-order valence-corrected chi connectivity index (χ2v) is 7.75. The van der Waals surface area contributed by atoms with Gasteiger partial charge in [0.25, 0.3) is 11.8 Å². The largest absolute Gasteiger partial charge is 0.357 e. The molecular weight excluding hydrogens is 360 g/mol. The number of carbonyl (C=O) groups excluding carboxylic acids is 3. The fraction of sp³-hybridized carbons (Fsp3) is 0.412. The second kappa shape index (κ2) is 7.53. The lowest BCUT2D eigenvalue weighted by atomic mass is 10.00. The number of likely N-dealkylation sites (tertiary alicyclic amines) is 1. The molecule has 0 saturated carbocycles. The van der Waals surface area contributed by atoms with Gasteiger partial charge in [-0.15, -0.1) is 0 Å². The molecule has 0 atom stereocenters. The maximum atomic E-state index is 12.1. The Kier molecular flexibility index (Phi) is 5.39. The molecule has 25 heavy (non-hydrogen) atoms. The average molecular weight is 378 g/mol. The predicted molar refractivity (Wildman–Crippen MR) is 98.1 cm³/mol. The molecule has 0 bridgehead atoms. The number of benzene rings is 1. The van der Waals surface area contributed by atoms with E-state index in [1.807, 2.05) is 0 Å². The smallest absolute Gasteiger partial charge is 0.343 e. The fourth-order valence-corrected chi connectivity index (χ4v) is 3.80. The van der Waals surface area contributed by atoms with E-state index in [-0.39, 0.29) is 16.9 Å². The molecule has 3 rings (SSSR count). The van der Waals surface area contributed by atoms with Gasteiger partial charge in [-0.2, -0.15) is 0 Å². The topological polar surface area (TPSA) is 66.9 Å². The first-order valence-electron chi connectivity index (χ1n) is 8.07. The first-order chi connectivity index (χ1) is 12.0. The third-order valence-corrected chi connectivity index (χ3v) is 5.80. The van der Waals surface area contributed by atoms with Gasteiger partial charge in [-0.05, 0) is 30.9 Å². The Hall–Kier alpha value is -1.93. The zero-order valence-corrected chi connectivity index (χ0v) is 15.4. The third-order valence-electron chi connectivity index (χ3n) is 4.31. The van der Waals surface area contributed by atoms with Crippen LogP contribution >= 0.6 is 24.0 Å². The fourth-order valence-electron chi connectivity index (χ4n) is 2.78. The van der Waals surface area contributed by atoms with Crippen LogP contribution in [-0.4, -0.2) is 50.9 Å². The van der Waals surface area contributed by atoms with Gasteiger partial charge in [0.05, 0.1) is 11.1 Å². The quantitative estimate of drug-likeness (QED) is 0.591. The summed E-state index contributed by atoms with van der Waals surface area (Å²) in [6, 6.07) is 6.38. The predicted octanol–water partition coefficient (Wildman–Crippen LogP) is 2.49. The molecule has 1 aromatic carbocycles. The van der Waals surface area contributed by atoms with Crippen LogP contribution in [0.5, 0.6) is 0 Å². The highest BCUT2D eigenvalue weighted by molar-refractivity contribution is 8.23. The van der Waals surface area contributed by atoms with Crippen molar-refractivity contribution in [1.82, 2.24) is 9.96 Å². The van der Waals surface area contributed by atoms with Crippen LogP contribution in [0.25, 0.3) is 0 Å². The number of rotatable bonds is 3. The van der Waals surface area contributed by atoms with Crippen LogP contribution in [0.3, 0.4) is 0 Å². The van der Waals surface area contributed by atoms with Crippen LogP contribution in [0.1, 0.15) is 40.5 Å². The Morgan fingerprint density at radius 3 is 2.32 bits per heavy atom. The van der Waals surface area contributed by atoms with Gasteiger partial charge >= 0.3 is 5.97 Å². The van der Waals surface area contributed by atoms with Gasteiger partial charge in [-0.3, -0.25) is 9.59 Å². The minimum absolute atomic E-state index is 0.0434. The van der Waals surface area contributed by atoms with E-state index in [1.165, 1.54) is 23.9 Å². The summed E-state index contributed by atoms with van der Waals surface area (Å²) in [6.45, 7) is 3.99. The van der Waals surface area contributed by atoms with Crippen molar-refractivity contribution in [2.45, 2.75) is 19.8 Å². The molecule has 0 aromatic heterocycles. The van der Waals surface area contributed by atoms with Crippen molar-refractivity contribution in [1.29, 1.82) is 0 Å². The maximum Gasteiger partial charge on any atom is 0.343 e. The van der Waals surface area contributed by atoms with Gasteiger partial charge in [0.2, 0.25) is 0 Å². The van der Waals surface area contributed by atoms with Gasteiger partial charge in [-0.25, -0.2) is 4.79 Å². The highest BCUT2D eigenvalue weighted by Gasteiger charge is 2.38. The Balaban J connectivity index is 1.51. The summed E-state index contributed by atoms with van der Waals surface area (Å²) in [5, 5.41) is 0.527. The molecule has 0 radical (unpaired) electrons. The van der Waals surface area contributed by atoms with Crippen LogP contribution in [0, 0.1) is 5.92 Å². The van der Waals surface area contributed by atoms with Crippen LogP contribution < -0.4 is 0 Å². The van der Waals surface area contributed by atoms with Crippen molar-refractivity contribution < 1.29 is 19.2 Å². The molecule has 8 heteroatoms. The zero-order valence-electron chi connectivity index (χ0n) is 13.8. The van der Waals surface area contributed by atoms with Crippen LogP contribution in [-0.2, 0) is 9.63 Å². The van der Waals surface area contributed by atoms with Crippen LogP contribution in [0.15, 0.2) is 24.3 Å². The van der Waals surface area contributed by atoms with Gasteiger partial charge < -0.3 is 9.74 Å². The molecular formula is C17H18N2O4S2. The molecule has 2 aliphatic heterocycles. The van der Waals surface area contributed by atoms with Crippen molar-refractivity contribution in [3.63, 3.8) is 0 Å². The lowest BCUT2D eigenvalue weighted by Gasteiger charge is -2.31. The summed E-state index contributed by atoms with van der Waals surface area (Å²) in [7, 11) is 0. The number of hydrogen-bond donors (Lipinski definition) is 0.